The topological polar surface area (TPSA) is 41.6 Å². The van der Waals surface area contributed by atoms with E-state index in [2.05, 4.69) is 5.32 Å². The molecule has 1 unspecified atom stereocenters. The van der Waals surface area contributed by atoms with Crippen LogP contribution in [0, 0.1) is 11.8 Å². The first-order valence-electron chi connectivity index (χ1n) is 6.29. The van der Waals surface area contributed by atoms with E-state index in [4.69, 9.17) is 4.74 Å². The Morgan fingerprint density at radius 2 is 2.06 bits per heavy atom. The van der Waals surface area contributed by atoms with Gasteiger partial charge in [-0.25, -0.2) is 0 Å². The molecule has 2 rings (SSSR count). The summed E-state index contributed by atoms with van der Waals surface area (Å²) in [6, 6.07) is 0. The maximum absolute atomic E-state index is 12.1. The van der Waals surface area contributed by atoms with Crippen LogP contribution in [0.4, 0.5) is 0 Å². The second kappa shape index (κ2) is 7.19. The molecule has 5 heteroatoms. The van der Waals surface area contributed by atoms with Crippen molar-refractivity contribution in [1.29, 1.82) is 0 Å². The molecule has 2 aliphatic heterocycles. The van der Waals surface area contributed by atoms with Crippen LogP contribution in [0.25, 0.3) is 0 Å². The third-order valence-corrected chi connectivity index (χ3v) is 3.74. The molecule has 2 fully saturated rings. The first-order valence-corrected chi connectivity index (χ1v) is 6.29. The van der Waals surface area contributed by atoms with Crippen molar-refractivity contribution in [2.24, 2.45) is 11.8 Å². The minimum Gasteiger partial charge on any atom is -0.384 e. The number of piperidine rings is 1. The molecule has 0 aliphatic carbocycles. The smallest absolute Gasteiger partial charge is 0.227 e. The molecule has 1 N–H and O–H groups in total. The highest BCUT2D eigenvalue weighted by atomic mass is 35.5. The van der Waals surface area contributed by atoms with Gasteiger partial charge in [-0.1, -0.05) is 0 Å². The van der Waals surface area contributed by atoms with E-state index in [0.29, 0.717) is 11.8 Å². The van der Waals surface area contributed by atoms with Gasteiger partial charge in [-0.3, -0.25) is 4.79 Å². The fraction of sp³-hybridized carbons (Fsp3) is 0.917. The van der Waals surface area contributed by atoms with E-state index in [9.17, 15) is 4.79 Å². The number of amides is 1. The van der Waals surface area contributed by atoms with Crippen molar-refractivity contribution in [3.8, 4) is 0 Å². The van der Waals surface area contributed by atoms with Gasteiger partial charge in [-0.2, -0.15) is 0 Å². The number of halogens is 1. The predicted octanol–water partition coefficient (Wildman–Crippen LogP) is 0.903. The van der Waals surface area contributed by atoms with Crippen LogP contribution in [0.2, 0.25) is 0 Å². The average molecular weight is 263 g/mol. The maximum atomic E-state index is 12.1. The van der Waals surface area contributed by atoms with Gasteiger partial charge in [0.15, 0.2) is 0 Å². The van der Waals surface area contributed by atoms with Gasteiger partial charge in [-0.15, -0.1) is 12.4 Å². The van der Waals surface area contributed by atoms with Crippen LogP contribution in [-0.4, -0.2) is 50.7 Å². The van der Waals surface area contributed by atoms with Crippen LogP contribution in [0.5, 0.6) is 0 Å². The first-order chi connectivity index (χ1) is 7.81. The number of rotatable bonds is 3. The molecule has 1 atom stereocenters. The van der Waals surface area contributed by atoms with Gasteiger partial charge in [-0.05, 0) is 31.7 Å². The second-order valence-electron chi connectivity index (χ2n) is 4.91. The van der Waals surface area contributed by atoms with E-state index < -0.39 is 0 Å². The van der Waals surface area contributed by atoms with Crippen molar-refractivity contribution in [2.45, 2.75) is 19.3 Å². The van der Waals surface area contributed by atoms with Crippen molar-refractivity contribution in [3.05, 3.63) is 0 Å². The second-order valence-corrected chi connectivity index (χ2v) is 4.91. The average Bonchev–Trinajstić information content (AvgIpc) is 2.83. The summed E-state index contributed by atoms with van der Waals surface area (Å²) in [5.41, 5.74) is 0. The van der Waals surface area contributed by atoms with Crippen molar-refractivity contribution < 1.29 is 9.53 Å². The van der Waals surface area contributed by atoms with E-state index in [1.54, 1.807) is 7.11 Å². The summed E-state index contributed by atoms with van der Waals surface area (Å²) < 4.78 is 5.16. The number of ether oxygens (including phenoxy) is 1. The molecule has 0 aromatic rings. The lowest BCUT2D eigenvalue weighted by atomic mass is 9.96. The van der Waals surface area contributed by atoms with Crippen molar-refractivity contribution in [3.63, 3.8) is 0 Å². The number of nitrogens with zero attached hydrogens (tertiary/aromatic N) is 1. The van der Waals surface area contributed by atoms with Gasteiger partial charge < -0.3 is 15.0 Å². The summed E-state index contributed by atoms with van der Waals surface area (Å²) >= 11 is 0. The van der Waals surface area contributed by atoms with Crippen LogP contribution in [0.15, 0.2) is 0 Å². The minimum absolute atomic E-state index is 0. The molecule has 2 heterocycles. The van der Waals surface area contributed by atoms with Crippen LogP contribution in [0.1, 0.15) is 19.3 Å². The van der Waals surface area contributed by atoms with Crippen molar-refractivity contribution in [1.82, 2.24) is 10.2 Å². The summed E-state index contributed by atoms with van der Waals surface area (Å²) in [6.07, 6.45) is 3.20. The predicted molar refractivity (Wildman–Crippen MR) is 69.4 cm³/mol. The van der Waals surface area contributed by atoms with E-state index in [-0.39, 0.29) is 18.3 Å². The molecule has 0 spiro atoms. The molecule has 17 heavy (non-hydrogen) atoms. The number of nitrogens with one attached hydrogen (secondary N) is 1. The number of carbonyl (C=O) groups is 1. The molecule has 0 aromatic carbocycles. The van der Waals surface area contributed by atoms with Gasteiger partial charge in [0.25, 0.3) is 0 Å². The number of methoxy groups -OCH3 is 1. The highest BCUT2D eigenvalue weighted by Gasteiger charge is 2.29. The molecule has 2 aliphatic rings. The number of likely N-dealkylation sites (tertiary alicyclic amines) is 1. The number of carbonyl (C=O) groups excluding carboxylic acids is 1. The third-order valence-electron chi connectivity index (χ3n) is 3.74. The Labute approximate surface area is 109 Å². The normalized spacial score (nSPS) is 25.7. The Hall–Kier alpha value is -0.320. The number of hydrogen-bond donors (Lipinski definition) is 1. The Balaban J connectivity index is 0.00000144. The van der Waals surface area contributed by atoms with Gasteiger partial charge in [0.2, 0.25) is 5.91 Å². The fourth-order valence-electron chi connectivity index (χ4n) is 2.68. The quantitative estimate of drug-likeness (QED) is 0.822. The van der Waals surface area contributed by atoms with Gasteiger partial charge in [0.1, 0.15) is 0 Å². The van der Waals surface area contributed by atoms with Crippen LogP contribution >= 0.6 is 12.4 Å². The summed E-state index contributed by atoms with van der Waals surface area (Å²) in [5.74, 6) is 1.25. The van der Waals surface area contributed by atoms with E-state index in [1.807, 2.05) is 4.90 Å². The summed E-state index contributed by atoms with van der Waals surface area (Å²) in [5, 5.41) is 3.25. The monoisotopic (exact) mass is 262 g/mol. The summed E-state index contributed by atoms with van der Waals surface area (Å²) in [4.78, 5) is 14.2. The zero-order chi connectivity index (χ0) is 11.4. The first kappa shape index (κ1) is 14.7. The SMILES string of the molecule is COCC1CCN(C(=O)C2CCNC2)CC1.Cl. The highest BCUT2D eigenvalue weighted by Crippen LogP contribution is 2.20. The Morgan fingerprint density at radius 3 is 2.59 bits per heavy atom. The zero-order valence-corrected chi connectivity index (χ0v) is 11.3. The zero-order valence-electron chi connectivity index (χ0n) is 10.5. The van der Waals surface area contributed by atoms with Crippen LogP contribution in [0.3, 0.4) is 0 Å². The van der Waals surface area contributed by atoms with Crippen molar-refractivity contribution >= 4 is 18.3 Å². The Kier molecular flexibility index (Phi) is 6.23. The molecule has 0 saturated carbocycles. The lowest BCUT2D eigenvalue weighted by Crippen LogP contribution is -2.42. The Bertz CT molecular complexity index is 237. The third kappa shape index (κ3) is 3.83. The fourth-order valence-corrected chi connectivity index (χ4v) is 2.68. The molecule has 0 aromatic heterocycles. The standard InChI is InChI=1S/C12H22N2O2.ClH/c1-16-9-10-3-6-14(7-4-10)12(15)11-2-5-13-8-11;/h10-11,13H,2-9H2,1H3;1H. The lowest BCUT2D eigenvalue weighted by Gasteiger charge is -2.33. The Morgan fingerprint density at radius 1 is 1.35 bits per heavy atom. The lowest BCUT2D eigenvalue weighted by molar-refractivity contribution is -0.136. The molecule has 100 valence electrons. The highest BCUT2D eigenvalue weighted by molar-refractivity contribution is 5.85. The van der Waals surface area contributed by atoms with E-state index in [1.165, 1.54) is 0 Å². The summed E-state index contributed by atoms with van der Waals surface area (Å²) in [7, 11) is 1.75. The van der Waals surface area contributed by atoms with Gasteiger partial charge in [0.05, 0.1) is 5.92 Å². The maximum Gasteiger partial charge on any atom is 0.227 e. The number of hydrogen-bond acceptors (Lipinski definition) is 3. The molecular weight excluding hydrogens is 240 g/mol. The van der Waals surface area contributed by atoms with Crippen molar-refractivity contribution in [2.75, 3.05) is 39.9 Å². The molecule has 4 nitrogen and oxygen atoms in total. The molecule has 1 amide bonds. The van der Waals surface area contributed by atoms with Crippen LogP contribution in [-0.2, 0) is 9.53 Å². The molecule has 0 radical (unpaired) electrons. The van der Waals surface area contributed by atoms with E-state index in [0.717, 1.165) is 52.0 Å². The molecule has 0 bridgehead atoms. The van der Waals surface area contributed by atoms with Gasteiger partial charge in [0, 0.05) is 33.4 Å². The van der Waals surface area contributed by atoms with Crippen LogP contribution < -0.4 is 5.32 Å². The largest absolute Gasteiger partial charge is 0.384 e. The summed E-state index contributed by atoms with van der Waals surface area (Å²) in [6.45, 7) is 4.55. The molecule has 2 saturated heterocycles. The van der Waals surface area contributed by atoms with E-state index >= 15 is 0 Å². The minimum atomic E-state index is 0. The molecular formula is C12H23ClN2O2. The van der Waals surface area contributed by atoms with Gasteiger partial charge >= 0.3 is 0 Å².